The molecule has 0 aliphatic rings. The summed E-state index contributed by atoms with van der Waals surface area (Å²) in [5.41, 5.74) is 6.38. The lowest BCUT2D eigenvalue weighted by atomic mass is 10.2. The van der Waals surface area contributed by atoms with Crippen molar-refractivity contribution in [1.29, 1.82) is 0 Å². The Balaban J connectivity index is 2.71. The van der Waals surface area contributed by atoms with E-state index in [9.17, 15) is 9.59 Å². The predicted octanol–water partition coefficient (Wildman–Crippen LogP) is 1.58. The van der Waals surface area contributed by atoms with E-state index < -0.39 is 0 Å². The van der Waals surface area contributed by atoms with Crippen LogP contribution in [0.4, 0.5) is 11.4 Å². The molecular formula is C13H18Cl2N4O2. The molecule has 6 nitrogen and oxygen atoms in total. The van der Waals surface area contributed by atoms with Crippen LogP contribution >= 0.6 is 23.2 Å². The molecular weight excluding hydrogens is 315 g/mol. The maximum absolute atomic E-state index is 12.0. The lowest BCUT2D eigenvalue weighted by molar-refractivity contribution is -0.123. The van der Waals surface area contributed by atoms with E-state index in [1.807, 2.05) is 6.92 Å². The zero-order valence-electron chi connectivity index (χ0n) is 11.9. The number of anilines is 2. The molecule has 0 heterocycles. The number of carbonyl (C=O) groups excluding carboxylic acids is 2. The van der Waals surface area contributed by atoms with Gasteiger partial charge in [0.05, 0.1) is 29.5 Å². The van der Waals surface area contributed by atoms with Gasteiger partial charge in [0.1, 0.15) is 0 Å². The summed E-state index contributed by atoms with van der Waals surface area (Å²) in [5.74, 6) is -0.467. The van der Waals surface area contributed by atoms with E-state index in [4.69, 9.17) is 28.9 Å². The Morgan fingerprint density at radius 1 is 1.24 bits per heavy atom. The molecule has 0 radical (unpaired) electrons. The summed E-state index contributed by atoms with van der Waals surface area (Å²) in [7, 11) is 1.55. The van der Waals surface area contributed by atoms with Crippen LogP contribution in [0.3, 0.4) is 0 Å². The Morgan fingerprint density at radius 3 is 2.38 bits per heavy atom. The standard InChI is InChI=1S/C13H18Cl2N4O2/c1-3-19(6-11(20)17-2)7-12(21)18-13-9(15)4-8(14)5-10(13)16/h4-5H,3,6-7,16H2,1-2H3,(H,17,20)(H,18,21). The largest absolute Gasteiger partial charge is 0.397 e. The van der Waals surface area contributed by atoms with E-state index in [0.717, 1.165) is 0 Å². The van der Waals surface area contributed by atoms with Gasteiger partial charge in [0.15, 0.2) is 0 Å². The zero-order chi connectivity index (χ0) is 16.0. The predicted molar refractivity (Wildman–Crippen MR) is 85.7 cm³/mol. The number of halogens is 2. The van der Waals surface area contributed by atoms with E-state index in [1.54, 1.807) is 11.9 Å². The fraction of sp³-hybridized carbons (Fsp3) is 0.385. The maximum atomic E-state index is 12.0. The van der Waals surface area contributed by atoms with Gasteiger partial charge in [-0.2, -0.15) is 0 Å². The highest BCUT2D eigenvalue weighted by atomic mass is 35.5. The monoisotopic (exact) mass is 332 g/mol. The van der Waals surface area contributed by atoms with Crippen molar-refractivity contribution in [3.05, 3.63) is 22.2 Å². The van der Waals surface area contributed by atoms with Crippen molar-refractivity contribution >= 4 is 46.4 Å². The normalized spacial score (nSPS) is 10.5. The molecule has 1 rings (SSSR count). The third-order valence-electron chi connectivity index (χ3n) is 2.81. The highest BCUT2D eigenvalue weighted by molar-refractivity contribution is 6.37. The smallest absolute Gasteiger partial charge is 0.238 e. The van der Waals surface area contributed by atoms with Crippen LogP contribution < -0.4 is 16.4 Å². The van der Waals surface area contributed by atoms with Gasteiger partial charge in [-0.1, -0.05) is 30.1 Å². The van der Waals surface area contributed by atoms with Crippen molar-refractivity contribution in [1.82, 2.24) is 10.2 Å². The minimum absolute atomic E-state index is 0.0579. The number of nitrogen functional groups attached to an aromatic ring is 1. The average molecular weight is 333 g/mol. The zero-order valence-corrected chi connectivity index (χ0v) is 13.4. The van der Waals surface area contributed by atoms with Gasteiger partial charge in [-0.3, -0.25) is 14.5 Å². The Morgan fingerprint density at radius 2 is 1.86 bits per heavy atom. The van der Waals surface area contributed by atoms with Crippen LogP contribution in [-0.4, -0.2) is 43.4 Å². The summed E-state index contributed by atoms with van der Waals surface area (Å²) >= 11 is 11.8. The van der Waals surface area contributed by atoms with E-state index in [2.05, 4.69) is 10.6 Å². The first-order valence-electron chi connectivity index (χ1n) is 6.34. The van der Waals surface area contributed by atoms with Crippen LogP contribution in [0.25, 0.3) is 0 Å². The first kappa shape index (κ1) is 17.6. The Labute approximate surface area is 133 Å². The topological polar surface area (TPSA) is 87.5 Å². The van der Waals surface area contributed by atoms with Gasteiger partial charge in [0, 0.05) is 12.1 Å². The average Bonchev–Trinajstić information content (AvgIpc) is 2.41. The van der Waals surface area contributed by atoms with Crippen molar-refractivity contribution < 1.29 is 9.59 Å². The van der Waals surface area contributed by atoms with Gasteiger partial charge in [-0.25, -0.2) is 0 Å². The molecule has 1 aromatic rings. The Kier molecular flexibility index (Phi) is 6.74. The molecule has 4 N–H and O–H groups in total. The number of hydrogen-bond acceptors (Lipinski definition) is 4. The second-order valence-corrected chi connectivity index (χ2v) is 5.22. The summed E-state index contributed by atoms with van der Waals surface area (Å²) in [6.45, 7) is 2.62. The van der Waals surface area contributed by atoms with Crippen molar-refractivity contribution in [3.63, 3.8) is 0 Å². The van der Waals surface area contributed by atoms with Crippen molar-refractivity contribution in [2.45, 2.75) is 6.92 Å². The van der Waals surface area contributed by atoms with Crippen molar-refractivity contribution in [3.8, 4) is 0 Å². The molecule has 0 aliphatic heterocycles. The summed E-state index contributed by atoms with van der Waals surface area (Å²) < 4.78 is 0. The number of rotatable bonds is 6. The van der Waals surface area contributed by atoms with E-state index in [0.29, 0.717) is 17.3 Å². The van der Waals surface area contributed by atoms with Crippen LogP contribution in [0, 0.1) is 0 Å². The second kappa shape index (κ2) is 8.07. The van der Waals surface area contributed by atoms with Crippen molar-refractivity contribution in [2.24, 2.45) is 0 Å². The summed E-state index contributed by atoms with van der Waals surface area (Å²) in [6, 6.07) is 3.00. The number of benzene rings is 1. The third-order valence-corrected chi connectivity index (χ3v) is 3.33. The highest BCUT2D eigenvalue weighted by Crippen LogP contribution is 2.31. The maximum Gasteiger partial charge on any atom is 0.238 e. The summed E-state index contributed by atoms with van der Waals surface area (Å²) in [4.78, 5) is 25.0. The molecule has 0 atom stereocenters. The lowest BCUT2D eigenvalue weighted by Gasteiger charge is -2.19. The quantitative estimate of drug-likeness (QED) is 0.690. The number of amides is 2. The second-order valence-electron chi connectivity index (χ2n) is 4.38. The van der Waals surface area contributed by atoms with Crippen LogP contribution in [-0.2, 0) is 9.59 Å². The van der Waals surface area contributed by atoms with Crippen LogP contribution in [0.2, 0.25) is 10.0 Å². The molecule has 116 valence electrons. The molecule has 1 aromatic carbocycles. The molecule has 0 saturated carbocycles. The summed E-state index contributed by atoms with van der Waals surface area (Å²) in [5, 5.41) is 5.80. The Bertz CT molecular complexity index is 514. The molecule has 0 bridgehead atoms. The molecule has 0 unspecified atom stereocenters. The van der Waals surface area contributed by atoms with Gasteiger partial charge < -0.3 is 16.4 Å². The number of likely N-dealkylation sites (N-methyl/N-ethyl adjacent to an activating group) is 2. The number of carbonyl (C=O) groups is 2. The first-order chi connectivity index (χ1) is 9.87. The molecule has 8 heteroatoms. The highest BCUT2D eigenvalue weighted by Gasteiger charge is 2.15. The van der Waals surface area contributed by atoms with E-state index in [1.165, 1.54) is 12.1 Å². The molecule has 0 aliphatic carbocycles. The minimum atomic E-state index is -0.309. The lowest BCUT2D eigenvalue weighted by Crippen LogP contribution is -2.40. The Hall–Kier alpha value is -1.50. The van der Waals surface area contributed by atoms with Gasteiger partial charge >= 0.3 is 0 Å². The van der Waals surface area contributed by atoms with Gasteiger partial charge in [-0.15, -0.1) is 0 Å². The molecule has 2 amide bonds. The molecule has 0 spiro atoms. The number of hydrogen-bond donors (Lipinski definition) is 3. The SMILES string of the molecule is CCN(CC(=O)NC)CC(=O)Nc1c(N)cc(Cl)cc1Cl. The van der Waals surface area contributed by atoms with Gasteiger partial charge in [0.2, 0.25) is 11.8 Å². The van der Waals surface area contributed by atoms with Crippen molar-refractivity contribution in [2.75, 3.05) is 37.7 Å². The molecule has 0 aromatic heterocycles. The molecule has 0 fully saturated rings. The molecule has 0 saturated heterocycles. The van der Waals surface area contributed by atoms with Crippen LogP contribution in [0.1, 0.15) is 6.92 Å². The van der Waals surface area contributed by atoms with Gasteiger partial charge in [0.25, 0.3) is 0 Å². The third kappa shape index (κ3) is 5.41. The van der Waals surface area contributed by atoms with Crippen LogP contribution in [0.5, 0.6) is 0 Å². The van der Waals surface area contributed by atoms with Gasteiger partial charge in [-0.05, 0) is 18.7 Å². The number of nitrogens with zero attached hydrogens (tertiary/aromatic N) is 1. The molecule has 21 heavy (non-hydrogen) atoms. The van der Waals surface area contributed by atoms with E-state index >= 15 is 0 Å². The fourth-order valence-electron chi connectivity index (χ4n) is 1.67. The number of nitrogens with one attached hydrogen (secondary N) is 2. The van der Waals surface area contributed by atoms with Crippen LogP contribution in [0.15, 0.2) is 12.1 Å². The fourth-order valence-corrected chi connectivity index (χ4v) is 2.23. The number of nitrogens with two attached hydrogens (primary N) is 1. The summed E-state index contributed by atoms with van der Waals surface area (Å²) in [6.07, 6.45) is 0. The minimum Gasteiger partial charge on any atom is -0.397 e. The first-order valence-corrected chi connectivity index (χ1v) is 7.10. The van der Waals surface area contributed by atoms with E-state index in [-0.39, 0.29) is 35.6 Å².